The van der Waals surface area contributed by atoms with Crippen LogP contribution in [0.3, 0.4) is 0 Å². The van der Waals surface area contributed by atoms with Crippen molar-refractivity contribution >= 4 is 6.21 Å². The first-order valence-corrected chi connectivity index (χ1v) is 4.07. The molecule has 0 atom stereocenters. The van der Waals surface area contributed by atoms with E-state index in [1.165, 1.54) is 0 Å². The highest BCUT2D eigenvalue weighted by Crippen LogP contribution is 2.19. The van der Waals surface area contributed by atoms with E-state index >= 15 is 0 Å². The maximum absolute atomic E-state index is 4.25. The normalized spacial score (nSPS) is 18.3. The fourth-order valence-corrected chi connectivity index (χ4v) is 1.19. The van der Waals surface area contributed by atoms with Gasteiger partial charge < -0.3 is 5.32 Å². The third-order valence-electron chi connectivity index (χ3n) is 1.72. The van der Waals surface area contributed by atoms with E-state index in [4.69, 9.17) is 0 Å². The minimum atomic E-state index is 0.794. The number of aliphatic imine (C=N–C) groups is 1. The molecule has 0 amide bonds. The maximum Gasteiger partial charge on any atom is 0.0683 e. The van der Waals surface area contributed by atoms with Gasteiger partial charge in [0.15, 0.2) is 0 Å². The summed E-state index contributed by atoms with van der Waals surface area (Å²) in [5.74, 6) is 0. The van der Waals surface area contributed by atoms with Crippen molar-refractivity contribution in [2.24, 2.45) is 4.99 Å². The third kappa shape index (κ3) is 1.64. The van der Waals surface area contributed by atoms with Crippen LogP contribution in [0.4, 0.5) is 0 Å². The van der Waals surface area contributed by atoms with Crippen molar-refractivity contribution in [2.75, 3.05) is 6.54 Å². The summed E-state index contributed by atoms with van der Waals surface area (Å²) in [6, 6.07) is 0. The van der Waals surface area contributed by atoms with Crippen LogP contribution in [-0.4, -0.2) is 12.8 Å². The van der Waals surface area contributed by atoms with Gasteiger partial charge in [0.2, 0.25) is 0 Å². The number of allylic oxidation sites excluding steroid dienone is 2. The Morgan fingerprint density at radius 1 is 1.50 bits per heavy atom. The molecule has 0 aliphatic carbocycles. The standard InChI is InChI=1S/C10H14N2/c1-4-6-9-8(3)12-7-10(9)11-5-2/h4-6,12H,3,7H2,1-2H3/b6-4-,11-5-. The second-order valence-electron chi connectivity index (χ2n) is 2.58. The lowest BCUT2D eigenvalue weighted by Crippen LogP contribution is -2.05. The van der Waals surface area contributed by atoms with Crippen LogP contribution in [-0.2, 0) is 0 Å². The highest BCUT2D eigenvalue weighted by atomic mass is 15.0. The van der Waals surface area contributed by atoms with Gasteiger partial charge in [-0.05, 0) is 13.8 Å². The number of nitrogens with one attached hydrogen (secondary N) is 1. The van der Waals surface area contributed by atoms with Gasteiger partial charge in [0.05, 0.1) is 12.2 Å². The Bertz CT molecular complexity index is 270. The Morgan fingerprint density at radius 2 is 2.25 bits per heavy atom. The predicted octanol–water partition coefficient (Wildman–Crippen LogP) is 2.02. The van der Waals surface area contributed by atoms with E-state index in [-0.39, 0.29) is 0 Å². The fourth-order valence-electron chi connectivity index (χ4n) is 1.19. The van der Waals surface area contributed by atoms with Crippen LogP contribution in [0.5, 0.6) is 0 Å². The zero-order chi connectivity index (χ0) is 8.97. The predicted molar refractivity (Wildman–Crippen MR) is 53.1 cm³/mol. The Hall–Kier alpha value is -1.31. The number of rotatable bonds is 2. The quantitative estimate of drug-likeness (QED) is 0.617. The van der Waals surface area contributed by atoms with E-state index < -0.39 is 0 Å². The molecule has 1 N–H and O–H groups in total. The van der Waals surface area contributed by atoms with Gasteiger partial charge in [0.25, 0.3) is 0 Å². The summed E-state index contributed by atoms with van der Waals surface area (Å²) in [6.07, 6.45) is 5.84. The largest absolute Gasteiger partial charge is 0.379 e. The summed E-state index contributed by atoms with van der Waals surface area (Å²) in [5.41, 5.74) is 3.16. The van der Waals surface area contributed by atoms with Gasteiger partial charge in [0.1, 0.15) is 0 Å². The molecular formula is C10H14N2. The van der Waals surface area contributed by atoms with E-state index in [0.29, 0.717) is 0 Å². The molecule has 0 spiro atoms. The second-order valence-corrected chi connectivity index (χ2v) is 2.58. The minimum absolute atomic E-state index is 0.794. The van der Waals surface area contributed by atoms with Crippen molar-refractivity contribution in [3.8, 4) is 0 Å². The Labute approximate surface area is 73.4 Å². The molecule has 0 bridgehead atoms. The first-order chi connectivity index (χ1) is 5.79. The van der Waals surface area contributed by atoms with E-state index in [1.54, 1.807) is 6.21 Å². The highest BCUT2D eigenvalue weighted by Gasteiger charge is 2.13. The first-order valence-electron chi connectivity index (χ1n) is 4.07. The molecule has 12 heavy (non-hydrogen) atoms. The van der Waals surface area contributed by atoms with Crippen molar-refractivity contribution in [3.63, 3.8) is 0 Å². The molecule has 1 aliphatic heterocycles. The topological polar surface area (TPSA) is 24.4 Å². The van der Waals surface area contributed by atoms with E-state index in [2.05, 4.69) is 16.9 Å². The molecule has 0 unspecified atom stereocenters. The van der Waals surface area contributed by atoms with Gasteiger partial charge >= 0.3 is 0 Å². The van der Waals surface area contributed by atoms with Crippen molar-refractivity contribution in [1.82, 2.24) is 5.32 Å². The zero-order valence-corrected chi connectivity index (χ0v) is 7.59. The molecule has 0 aromatic carbocycles. The van der Waals surface area contributed by atoms with Crippen LogP contribution >= 0.6 is 0 Å². The Morgan fingerprint density at radius 3 is 2.83 bits per heavy atom. The molecule has 1 heterocycles. The molecule has 0 aromatic heterocycles. The lowest BCUT2D eigenvalue weighted by molar-refractivity contribution is 0.947. The molecule has 1 rings (SSSR count). The van der Waals surface area contributed by atoms with Gasteiger partial charge in [-0.25, -0.2) is 0 Å². The first kappa shape index (κ1) is 8.78. The highest BCUT2D eigenvalue weighted by molar-refractivity contribution is 5.58. The lowest BCUT2D eigenvalue weighted by atomic mass is 10.2. The Kier molecular flexibility index (Phi) is 2.86. The average Bonchev–Trinajstić information content (AvgIpc) is 2.37. The number of hydrogen-bond acceptors (Lipinski definition) is 2. The molecule has 64 valence electrons. The maximum atomic E-state index is 4.25. The van der Waals surface area contributed by atoms with Gasteiger partial charge in [-0.1, -0.05) is 18.7 Å². The van der Waals surface area contributed by atoms with Crippen LogP contribution in [0.15, 0.2) is 40.7 Å². The summed E-state index contributed by atoms with van der Waals surface area (Å²) < 4.78 is 0. The van der Waals surface area contributed by atoms with Gasteiger partial charge in [-0.15, -0.1) is 0 Å². The number of hydrogen-bond donors (Lipinski definition) is 1. The van der Waals surface area contributed by atoms with Crippen LogP contribution < -0.4 is 5.32 Å². The molecule has 2 nitrogen and oxygen atoms in total. The average molecular weight is 162 g/mol. The molecule has 0 fully saturated rings. The van der Waals surface area contributed by atoms with E-state index in [1.807, 2.05) is 26.0 Å². The summed E-state index contributed by atoms with van der Waals surface area (Å²) in [5, 5.41) is 3.16. The smallest absolute Gasteiger partial charge is 0.0683 e. The lowest BCUT2D eigenvalue weighted by Gasteiger charge is -1.95. The molecule has 0 radical (unpaired) electrons. The number of nitrogens with zero attached hydrogens (tertiary/aromatic N) is 1. The van der Waals surface area contributed by atoms with Crippen LogP contribution in [0, 0.1) is 0 Å². The molecule has 0 aromatic rings. The van der Waals surface area contributed by atoms with E-state index in [9.17, 15) is 0 Å². The summed E-state index contributed by atoms with van der Waals surface area (Å²) in [4.78, 5) is 4.25. The summed E-state index contributed by atoms with van der Waals surface area (Å²) >= 11 is 0. The van der Waals surface area contributed by atoms with Crippen LogP contribution in [0.1, 0.15) is 13.8 Å². The van der Waals surface area contributed by atoms with Crippen LogP contribution in [0.2, 0.25) is 0 Å². The van der Waals surface area contributed by atoms with Gasteiger partial charge in [-0.3, -0.25) is 4.99 Å². The molecular weight excluding hydrogens is 148 g/mol. The van der Waals surface area contributed by atoms with Crippen molar-refractivity contribution < 1.29 is 0 Å². The van der Waals surface area contributed by atoms with Crippen molar-refractivity contribution in [1.29, 1.82) is 0 Å². The zero-order valence-electron chi connectivity index (χ0n) is 7.59. The molecule has 0 saturated heterocycles. The monoisotopic (exact) mass is 162 g/mol. The van der Waals surface area contributed by atoms with Crippen LogP contribution in [0.25, 0.3) is 0 Å². The molecule has 1 aliphatic rings. The molecule has 0 saturated carbocycles. The Balaban J connectivity index is 2.97. The minimum Gasteiger partial charge on any atom is -0.379 e. The van der Waals surface area contributed by atoms with Crippen molar-refractivity contribution in [2.45, 2.75) is 13.8 Å². The second kappa shape index (κ2) is 3.90. The van der Waals surface area contributed by atoms with E-state index in [0.717, 1.165) is 23.5 Å². The fraction of sp³-hybridized carbons (Fsp3) is 0.300. The molecule has 2 heteroatoms. The third-order valence-corrected chi connectivity index (χ3v) is 1.72. The van der Waals surface area contributed by atoms with Crippen molar-refractivity contribution in [3.05, 3.63) is 35.7 Å². The summed E-state index contributed by atoms with van der Waals surface area (Å²) in [6.45, 7) is 8.60. The van der Waals surface area contributed by atoms with Gasteiger partial charge in [0, 0.05) is 17.5 Å². The summed E-state index contributed by atoms with van der Waals surface area (Å²) in [7, 11) is 0. The van der Waals surface area contributed by atoms with Gasteiger partial charge in [-0.2, -0.15) is 0 Å². The SMILES string of the molecule is C=C1NCC(/N=C\C)=C1/C=C\C.